The van der Waals surface area contributed by atoms with Crippen molar-refractivity contribution >= 4 is 47.4 Å². The van der Waals surface area contributed by atoms with E-state index in [1.54, 1.807) is 72.1 Å². The van der Waals surface area contributed by atoms with Crippen molar-refractivity contribution in [2.45, 2.75) is 147 Å². The van der Waals surface area contributed by atoms with E-state index in [9.17, 15) is 43.5 Å². The molecule has 5 rings (SSSR count). The van der Waals surface area contributed by atoms with Gasteiger partial charge in [-0.15, -0.1) is 0 Å². The van der Waals surface area contributed by atoms with Crippen LogP contribution in [0.3, 0.4) is 0 Å². The number of likely N-dealkylation sites (tertiary alicyclic amines) is 1. The molecule has 1 aromatic heterocycles. The summed E-state index contributed by atoms with van der Waals surface area (Å²) in [5.74, 6) is -5.86. The molecule has 1 unspecified atom stereocenters. The maximum Gasteiger partial charge on any atom is 0.410 e. The molecule has 20 heteroatoms. The number of nitrogens with zero attached hydrogens (tertiary/aromatic N) is 4. The Morgan fingerprint density at radius 1 is 0.797 bits per heavy atom. The van der Waals surface area contributed by atoms with Crippen LogP contribution in [0.25, 0.3) is 0 Å². The number of hydrogen-bond donors (Lipinski definition) is 7. The van der Waals surface area contributed by atoms with Gasteiger partial charge in [0.15, 0.2) is 6.10 Å². The lowest BCUT2D eigenvalue weighted by molar-refractivity contribution is -0.136. The van der Waals surface area contributed by atoms with Crippen molar-refractivity contribution in [3.63, 3.8) is 0 Å². The Kier molecular flexibility index (Phi) is 19.8. The van der Waals surface area contributed by atoms with Crippen molar-refractivity contribution in [2.24, 2.45) is 17.8 Å². The molecular weight excluding hydrogens is 889 g/mol. The summed E-state index contributed by atoms with van der Waals surface area (Å²) >= 11 is 0. The molecule has 0 radical (unpaired) electrons. The normalized spacial score (nSPS) is 19.9. The molecule has 378 valence electrons. The van der Waals surface area contributed by atoms with Gasteiger partial charge in [-0.1, -0.05) is 82.2 Å². The first-order valence-electron chi connectivity index (χ1n) is 24.3. The van der Waals surface area contributed by atoms with Crippen LogP contribution in [0.4, 0.5) is 4.79 Å². The minimum absolute atomic E-state index is 0.0524. The summed E-state index contributed by atoms with van der Waals surface area (Å²) in [6, 6.07) is 3.43. The average molecular weight is 961 g/mol. The molecule has 1 aliphatic heterocycles. The molecule has 0 bridgehead atoms. The second kappa shape index (κ2) is 25.4. The zero-order valence-corrected chi connectivity index (χ0v) is 40.8. The van der Waals surface area contributed by atoms with Gasteiger partial charge in [0.05, 0.1) is 30.7 Å². The monoisotopic (exact) mass is 961 g/mol. The molecule has 7 atom stereocenters. The van der Waals surface area contributed by atoms with E-state index in [0.29, 0.717) is 37.7 Å². The van der Waals surface area contributed by atoms with Gasteiger partial charge in [0.2, 0.25) is 29.5 Å². The minimum atomic E-state index is -1.82. The van der Waals surface area contributed by atoms with E-state index in [1.807, 2.05) is 0 Å². The largest absolute Gasteiger partial charge is 0.444 e. The SMILES string of the molecule is CCC[C@H](NC(=O)[C@@H]1CN(C(=O)OC(C)(C)C)C[C@@H]1NC(=O)[C@@H](NC(=O)[C@@H](NC(=O)c1cnccn1)C1CCCCC1)C1CCCCC1)C(O)C(=O)NCC(=O)N[C@H](C(=O)N(C)C)c1ccccc1. The molecular formula is C49H72N10O10. The van der Waals surface area contributed by atoms with Gasteiger partial charge in [0.25, 0.3) is 11.8 Å². The van der Waals surface area contributed by atoms with E-state index >= 15 is 0 Å². The smallest absolute Gasteiger partial charge is 0.410 e. The molecule has 2 saturated carbocycles. The minimum Gasteiger partial charge on any atom is -0.444 e. The van der Waals surface area contributed by atoms with Gasteiger partial charge in [-0.05, 0) is 70.3 Å². The highest BCUT2D eigenvalue weighted by molar-refractivity contribution is 5.97. The Hall–Kier alpha value is -6.18. The second-order valence-corrected chi connectivity index (χ2v) is 19.6. The van der Waals surface area contributed by atoms with E-state index in [0.717, 1.165) is 38.5 Å². The number of nitrogens with one attached hydrogen (secondary N) is 6. The summed E-state index contributed by atoms with van der Waals surface area (Å²) in [6.45, 7) is 6.02. The summed E-state index contributed by atoms with van der Waals surface area (Å²) < 4.78 is 5.65. The van der Waals surface area contributed by atoms with Gasteiger partial charge in [-0.2, -0.15) is 0 Å². The van der Waals surface area contributed by atoms with Crippen molar-refractivity contribution in [3.8, 4) is 0 Å². The van der Waals surface area contributed by atoms with Crippen LogP contribution in [0.15, 0.2) is 48.9 Å². The van der Waals surface area contributed by atoms with Gasteiger partial charge in [0.1, 0.15) is 29.4 Å². The van der Waals surface area contributed by atoms with Crippen LogP contribution in [0.1, 0.15) is 127 Å². The van der Waals surface area contributed by atoms with E-state index in [1.165, 1.54) is 28.4 Å². The number of hydrogen-bond acceptors (Lipinski definition) is 12. The molecule has 3 aliphatic rings. The molecule has 1 aromatic carbocycles. The third-order valence-corrected chi connectivity index (χ3v) is 12.9. The number of rotatable bonds is 19. The molecule has 69 heavy (non-hydrogen) atoms. The number of carbonyl (C=O) groups excluding carboxylic acids is 8. The predicted octanol–water partition coefficient (Wildman–Crippen LogP) is 2.28. The molecule has 0 spiro atoms. The van der Waals surface area contributed by atoms with Crippen LogP contribution < -0.4 is 31.9 Å². The van der Waals surface area contributed by atoms with E-state index < -0.39 is 102 Å². The maximum absolute atomic E-state index is 14.7. The Balaban J connectivity index is 1.32. The van der Waals surface area contributed by atoms with Crippen LogP contribution in [0.2, 0.25) is 0 Å². The highest BCUT2D eigenvalue weighted by Crippen LogP contribution is 2.30. The first-order chi connectivity index (χ1) is 32.9. The second-order valence-electron chi connectivity index (χ2n) is 19.6. The summed E-state index contributed by atoms with van der Waals surface area (Å²) in [4.78, 5) is 120. The van der Waals surface area contributed by atoms with Gasteiger partial charge in [0, 0.05) is 39.6 Å². The number of likely N-dealkylation sites (N-methyl/N-ethyl adjacent to an activating group) is 1. The zero-order valence-electron chi connectivity index (χ0n) is 40.8. The number of aliphatic hydroxyl groups excluding tert-OH is 1. The van der Waals surface area contributed by atoms with Crippen molar-refractivity contribution in [2.75, 3.05) is 33.7 Å². The maximum atomic E-state index is 14.7. The van der Waals surface area contributed by atoms with Crippen molar-refractivity contribution in [1.82, 2.24) is 51.7 Å². The third-order valence-electron chi connectivity index (χ3n) is 12.9. The fourth-order valence-corrected chi connectivity index (χ4v) is 9.34. The van der Waals surface area contributed by atoms with Crippen LogP contribution in [-0.2, 0) is 33.5 Å². The van der Waals surface area contributed by atoms with Crippen LogP contribution >= 0.6 is 0 Å². The Bertz CT molecular complexity index is 2080. The lowest BCUT2D eigenvalue weighted by Gasteiger charge is -2.35. The fourth-order valence-electron chi connectivity index (χ4n) is 9.34. The highest BCUT2D eigenvalue weighted by Gasteiger charge is 2.45. The molecule has 2 aliphatic carbocycles. The lowest BCUT2D eigenvalue weighted by atomic mass is 9.81. The zero-order chi connectivity index (χ0) is 50.3. The van der Waals surface area contributed by atoms with Crippen molar-refractivity contribution in [1.29, 1.82) is 0 Å². The fraction of sp³-hybridized carbons (Fsp3) is 0.633. The van der Waals surface area contributed by atoms with E-state index in [-0.39, 0.29) is 37.0 Å². The van der Waals surface area contributed by atoms with E-state index in [4.69, 9.17) is 4.74 Å². The van der Waals surface area contributed by atoms with Crippen LogP contribution in [0, 0.1) is 17.8 Å². The summed E-state index contributed by atoms with van der Waals surface area (Å²) in [5.41, 5.74) is -0.294. The quantitative estimate of drug-likeness (QED) is 0.107. The van der Waals surface area contributed by atoms with Crippen molar-refractivity contribution < 1.29 is 48.2 Å². The molecule has 2 aromatic rings. The molecule has 2 heterocycles. The first-order valence-corrected chi connectivity index (χ1v) is 24.3. The average Bonchev–Trinajstić information content (AvgIpc) is 3.77. The summed E-state index contributed by atoms with van der Waals surface area (Å²) in [7, 11) is 3.11. The molecule has 7 N–H and O–H groups in total. The molecule has 20 nitrogen and oxygen atoms in total. The number of aliphatic hydroxyl groups is 1. The van der Waals surface area contributed by atoms with Gasteiger partial charge < -0.3 is 51.5 Å². The van der Waals surface area contributed by atoms with Gasteiger partial charge >= 0.3 is 6.09 Å². The van der Waals surface area contributed by atoms with Gasteiger partial charge in [-0.3, -0.25) is 38.5 Å². The number of aromatic nitrogens is 2. The standard InChI is InChI=1S/C49H72N10O10/c1-7-17-34(41(61)46(66)52-27-37(60)55-40(47(67)58(5)6)32-22-15-10-16-23-32)53-42(62)33-28-59(48(68)69-49(2,3)4)29-36(33)54-44(64)38(30-18-11-8-12-19-30)57-45(65)39(31-20-13-9-14-21-31)56-43(63)35-26-50-24-25-51-35/h10,15-16,22-26,30-31,33-34,36,38-41,61H,7-9,11-14,17-21,27-29H2,1-6H3,(H,52,66)(H,53,62)(H,54,64)(H,55,60)(H,56,63)(H,57,65)/t33-,34+,36+,38+,39+,40+,41?/m1/s1. The Morgan fingerprint density at radius 3 is 1.99 bits per heavy atom. The lowest BCUT2D eigenvalue weighted by Crippen LogP contribution is -2.60. The van der Waals surface area contributed by atoms with Gasteiger partial charge in [-0.25, -0.2) is 9.78 Å². The summed E-state index contributed by atoms with van der Waals surface area (Å²) in [6.07, 6.45) is 10.3. The topological polar surface area (TPSA) is 270 Å². The number of carbonyl (C=O) groups is 8. The number of ether oxygens (including phenoxy) is 1. The van der Waals surface area contributed by atoms with Crippen molar-refractivity contribution in [3.05, 3.63) is 60.2 Å². The third kappa shape index (κ3) is 15.7. The molecule has 3 fully saturated rings. The van der Waals surface area contributed by atoms with Crippen LogP contribution in [0.5, 0.6) is 0 Å². The van der Waals surface area contributed by atoms with E-state index in [2.05, 4.69) is 41.9 Å². The van der Waals surface area contributed by atoms with Crippen LogP contribution in [-0.4, -0.2) is 142 Å². The number of benzene rings is 1. The predicted molar refractivity (Wildman–Crippen MR) is 253 cm³/mol. The molecule has 8 amide bonds. The highest BCUT2D eigenvalue weighted by atomic mass is 16.6. The first kappa shape index (κ1) is 53.8. The number of amides is 8. The Morgan fingerprint density at radius 2 is 1.42 bits per heavy atom. The Labute approximate surface area is 404 Å². The molecule has 1 saturated heterocycles. The summed E-state index contributed by atoms with van der Waals surface area (Å²) in [5, 5.41) is 28.0.